The first-order valence-electron chi connectivity index (χ1n) is 7.37. The molecule has 1 aromatic heterocycles. The zero-order valence-electron chi connectivity index (χ0n) is 13.0. The number of aliphatic carboxylic acids is 2. The standard InChI is InChI=1S/C18H11Cl2NO5/c19-9-6-10(20)12-11(7-9)21-15(13(12)14(17(23)24)18(25)26)16(22)8-4-2-1-3-5-8/h1-7,14,21H,(H,23,24)(H,25,26). The summed E-state index contributed by atoms with van der Waals surface area (Å²) in [5.74, 6) is -5.72. The summed E-state index contributed by atoms with van der Waals surface area (Å²) in [6.07, 6.45) is 0. The first-order chi connectivity index (χ1) is 12.3. The number of hydrogen-bond donors (Lipinski definition) is 3. The summed E-state index contributed by atoms with van der Waals surface area (Å²) in [5.41, 5.74) is 0.210. The molecule has 0 radical (unpaired) electrons. The quantitative estimate of drug-likeness (QED) is 0.450. The Kier molecular flexibility index (Phi) is 4.71. The van der Waals surface area contributed by atoms with Crippen LogP contribution >= 0.6 is 23.2 Å². The molecule has 0 atom stereocenters. The van der Waals surface area contributed by atoms with Crippen molar-refractivity contribution in [3.63, 3.8) is 0 Å². The Balaban J connectivity index is 2.37. The number of nitrogens with one attached hydrogen (secondary N) is 1. The summed E-state index contributed by atoms with van der Waals surface area (Å²) in [6.45, 7) is 0. The number of ketones is 1. The van der Waals surface area contributed by atoms with E-state index in [4.69, 9.17) is 23.2 Å². The second kappa shape index (κ2) is 6.82. The fourth-order valence-corrected chi connectivity index (χ4v) is 3.42. The molecule has 0 saturated heterocycles. The van der Waals surface area contributed by atoms with Crippen LogP contribution in [0.1, 0.15) is 27.5 Å². The monoisotopic (exact) mass is 391 g/mol. The van der Waals surface area contributed by atoms with Crippen molar-refractivity contribution in [3.05, 3.63) is 69.3 Å². The van der Waals surface area contributed by atoms with Gasteiger partial charge >= 0.3 is 11.9 Å². The third kappa shape index (κ3) is 3.05. The Morgan fingerprint density at radius 1 is 0.962 bits per heavy atom. The van der Waals surface area contributed by atoms with Crippen molar-refractivity contribution in [1.29, 1.82) is 0 Å². The Hall–Kier alpha value is -2.83. The molecule has 0 amide bonds. The second-order valence-electron chi connectivity index (χ2n) is 5.53. The SMILES string of the molecule is O=C(c1ccccc1)c1[nH]c2cc(Cl)cc(Cl)c2c1C(C(=O)O)C(=O)O. The minimum Gasteiger partial charge on any atom is -0.480 e. The van der Waals surface area contributed by atoms with Crippen molar-refractivity contribution in [2.24, 2.45) is 0 Å². The number of hydrogen-bond acceptors (Lipinski definition) is 3. The zero-order chi connectivity index (χ0) is 19.0. The van der Waals surface area contributed by atoms with Gasteiger partial charge in [0.25, 0.3) is 0 Å². The second-order valence-corrected chi connectivity index (χ2v) is 6.37. The van der Waals surface area contributed by atoms with Crippen molar-refractivity contribution in [3.8, 4) is 0 Å². The van der Waals surface area contributed by atoms with Gasteiger partial charge < -0.3 is 15.2 Å². The number of halogens is 2. The lowest BCUT2D eigenvalue weighted by Gasteiger charge is -2.10. The highest BCUT2D eigenvalue weighted by molar-refractivity contribution is 6.39. The third-order valence-electron chi connectivity index (χ3n) is 3.90. The van der Waals surface area contributed by atoms with Gasteiger partial charge in [-0.1, -0.05) is 53.5 Å². The summed E-state index contributed by atoms with van der Waals surface area (Å²) in [5, 5.41) is 19.3. The molecule has 0 fully saturated rings. The summed E-state index contributed by atoms with van der Waals surface area (Å²) in [4.78, 5) is 38.9. The molecule has 132 valence electrons. The molecule has 3 N–H and O–H groups in total. The molecule has 0 aliphatic rings. The Morgan fingerprint density at radius 3 is 2.15 bits per heavy atom. The predicted octanol–water partition coefficient (Wildman–Crippen LogP) is 3.96. The van der Waals surface area contributed by atoms with Gasteiger partial charge in [-0.3, -0.25) is 14.4 Å². The number of aromatic amines is 1. The zero-order valence-corrected chi connectivity index (χ0v) is 14.5. The van der Waals surface area contributed by atoms with E-state index in [0.717, 1.165) is 0 Å². The Labute approximate surface area is 157 Å². The van der Waals surface area contributed by atoms with Gasteiger partial charge in [0.05, 0.1) is 10.7 Å². The molecule has 2 aromatic carbocycles. The minimum absolute atomic E-state index is 0.0540. The van der Waals surface area contributed by atoms with Gasteiger partial charge in [0.1, 0.15) is 0 Å². The lowest BCUT2D eigenvalue weighted by atomic mass is 9.93. The van der Waals surface area contributed by atoms with E-state index in [2.05, 4.69) is 4.98 Å². The largest absolute Gasteiger partial charge is 0.480 e. The van der Waals surface area contributed by atoms with Crippen molar-refractivity contribution in [2.75, 3.05) is 0 Å². The molecule has 0 unspecified atom stereocenters. The highest BCUT2D eigenvalue weighted by atomic mass is 35.5. The first-order valence-corrected chi connectivity index (χ1v) is 8.12. The van der Waals surface area contributed by atoms with Crippen LogP contribution in [0, 0.1) is 0 Å². The molecule has 0 aliphatic heterocycles. The van der Waals surface area contributed by atoms with Gasteiger partial charge in [0, 0.05) is 27.1 Å². The maximum Gasteiger partial charge on any atom is 0.322 e. The van der Waals surface area contributed by atoms with Crippen LogP contribution in [0.2, 0.25) is 10.0 Å². The van der Waals surface area contributed by atoms with Crippen LogP contribution in [0.4, 0.5) is 0 Å². The Morgan fingerprint density at radius 2 is 1.58 bits per heavy atom. The molecular weight excluding hydrogens is 381 g/mol. The maximum atomic E-state index is 12.9. The summed E-state index contributed by atoms with van der Waals surface area (Å²) >= 11 is 12.1. The molecule has 1 heterocycles. The lowest BCUT2D eigenvalue weighted by Crippen LogP contribution is -2.23. The molecule has 0 spiro atoms. The molecule has 6 nitrogen and oxygen atoms in total. The number of carbonyl (C=O) groups is 3. The molecule has 8 heteroatoms. The van der Waals surface area contributed by atoms with Crippen molar-refractivity contribution >= 4 is 51.8 Å². The predicted molar refractivity (Wildman–Crippen MR) is 96.2 cm³/mol. The van der Waals surface area contributed by atoms with Crippen molar-refractivity contribution < 1.29 is 24.6 Å². The van der Waals surface area contributed by atoms with E-state index >= 15 is 0 Å². The third-order valence-corrected chi connectivity index (χ3v) is 4.42. The number of carboxylic acid groups (broad SMARTS) is 2. The van der Waals surface area contributed by atoms with Gasteiger partial charge in [-0.15, -0.1) is 0 Å². The van der Waals surface area contributed by atoms with Gasteiger partial charge in [-0.05, 0) is 12.1 Å². The maximum absolute atomic E-state index is 12.9. The summed E-state index contributed by atoms with van der Waals surface area (Å²) < 4.78 is 0. The normalized spacial score (nSPS) is 11.0. The van der Waals surface area contributed by atoms with Crippen molar-refractivity contribution in [1.82, 2.24) is 4.98 Å². The molecule has 3 aromatic rings. The number of carbonyl (C=O) groups excluding carboxylic acids is 1. The average Bonchev–Trinajstić information content (AvgIpc) is 2.93. The highest BCUT2D eigenvalue weighted by Gasteiger charge is 2.36. The summed E-state index contributed by atoms with van der Waals surface area (Å²) in [7, 11) is 0. The lowest BCUT2D eigenvalue weighted by molar-refractivity contribution is -0.149. The summed E-state index contributed by atoms with van der Waals surface area (Å²) in [6, 6.07) is 10.9. The van der Waals surface area contributed by atoms with Crippen LogP contribution in [0.5, 0.6) is 0 Å². The highest BCUT2D eigenvalue weighted by Crippen LogP contribution is 2.37. The van der Waals surface area contributed by atoms with E-state index in [-0.39, 0.29) is 37.8 Å². The van der Waals surface area contributed by atoms with Crippen LogP contribution in [-0.2, 0) is 9.59 Å². The van der Waals surface area contributed by atoms with Crippen LogP contribution in [0.25, 0.3) is 10.9 Å². The van der Waals surface area contributed by atoms with Gasteiger partial charge in [-0.25, -0.2) is 0 Å². The van der Waals surface area contributed by atoms with Crippen LogP contribution < -0.4 is 0 Å². The van der Waals surface area contributed by atoms with E-state index in [9.17, 15) is 24.6 Å². The molecule has 0 aliphatic carbocycles. The first kappa shape index (κ1) is 18.0. The van der Waals surface area contributed by atoms with E-state index in [1.54, 1.807) is 30.3 Å². The smallest absolute Gasteiger partial charge is 0.322 e. The number of H-pyrrole nitrogens is 1. The molecule has 0 saturated carbocycles. The van der Waals surface area contributed by atoms with Crippen LogP contribution in [0.3, 0.4) is 0 Å². The van der Waals surface area contributed by atoms with Crippen molar-refractivity contribution in [2.45, 2.75) is 5.92 Å². The molecule has 3 rings (SSSR count). The number of rotatable bonds is 5. The molecule has 26 heavy (non-hydrogen) atoms. The van der Waals surface area contributed by atoms with Crippen LogP contribution in [0.15, 0.2) is 42.5 Å². The molecule has 0 bridgehead atoms. The fourth-order valence-electron chi connectivity index (χ4n) is 2.83. The van der Waals surface area contributed by atoms with E-state index in [0.29, 0.717) is 0 Å². The molecular formula is C18H11Cl2NO5. The van der Waals surface area contributed by atoms with E-state index in [1.165, 1.54) is 12.1 Å². The van der Waals surface area contributed by atoms with E-state index in [1.807, 2.05) is 0 Å². The van der Waals surface area contributed by atoms with Crippen LogP contribution in [-0.4, -0.2) is 32.9 Å². The minimum atomic E-state index is -1.97. The fraction of sp³-hybridized carbons (Fsp3) is 0.0556. The van der Waals surface area contributed by atoms with Gasteiger partial charge in [-0.2, -0.15) is 0 Å². The van der Waals surface area contributed by atoms with E-state index < -0.39 is 23.6 Å². The number of benzene rings is 2. The Bertz CT molecular complexity index is 1030. The number of fused-ring (bicyclic) bond motifs is 1. The number of aromatic nitrogens is 1. The topological polar surface area (TPSA) is 107 Å². The van der Waals surface area contributed by atoms with Gasteiger partial charge in [0.2, 0.25) is 5.78 Å². The number of carboxylic acids is 2. The van der Waals surface area contributed by atoms with Gasteiger partial charge in [0.15, 0.2) is 5.92 Å². The average molecular weight is 392 g/mol.